The summed E-state index contributed by atoms with van der Waals surface area (Å²) in [6.07, 6.45) is 1.79. The number of benzene rings is 1. The molecule has 0 aliphatic heterocycles. The number of aromatic nitrogens is 2. The van der Waals surface area contributed by atoms with Crippen LogP contribution in [-0.2, 0) is 11.5 Å². The highest BCUT2D eigenvalue weighted by molar-refractivity contribution is 6.76. The van der Waals surface area contributed by atoms with Crippen LogP contribution < -0.4 is 5.73 Å². The fourth-order valence-electron chi connectivity index (χ4n) is 1.75. The van der Waals surface area contributed by atoms with E-state index in [1.807, 2.05) is 22.8 Å². The maximum absolute atomic E-state index is 5.87. The van der Waals surface area contributed by atoms with E-state index in [1.54, 1.807) is 6.33 Å². The van der Waals surface area contributed by atoms with Gasteiger partial charge in [-0.05, 0) is 18.2 Å². The lowest BCUT2D eigenvalue weighted by atomic mass is 10.3. The summed E-state index contributed by atoms with van der Waals surface area (Å²) in [4.78, 5) is 4.31. The number of nitrogens with two attached hydrogens (primary N) is 1. The second kappa shape index (κ2) is 5.12. The molecule has 0 radical (unpaired) electrons. The average molecular weight is 263 g/mol. The third-order valence-corrected chi connectivity index (χ3v) is 4.61. The van der Waals surface area contributed by atoms with Crippen molar-refractivity contribution in [1.82, 2.24) is 9.55 Å². The number of hydrogen-bond donors (Lipinski definition) is 1. The third-order valence-electron chi connectivity index (χ3n) is 2.91. The molecule has 18 heavy (non-hydrogen) atoms. The summed E-state index contributed by atoms with van der Waals surface area (Å²) in [7, 11) is -1.01. The quantitative estimate of drug-likeness (QED) is 0.512. The summed E-state index contributed by atoms with van der Waals surface area (Å²) in [5, 5.41) is 0. The number of imidazole rings is 1. The highest BCUT2D eigenvalue weighted by Gasteiger charge is 2.12. The molecule has 0 spiro atoms. The molecule has 2 N–H and O–H groups in total. The normalized spacial score (nSPS) is 12.2. The van der Waals surface area contributed by atoms with Gasteiger partial charge in [-0.1, -0.05) is 25.7 Å². The van der Waals surface area contributed by atoms with E-state index in [9.17, 15) is 0 Å². The number of nitrogen functional groups attached to an aromatic ring is 1. The summed E-state index contributed by atoms with van der Waals surface area (Å²) < 4.78 is 7.71. The van der Waals surface area contributed by atoms with Crippen molar-refractivity contribution in [1.29, 1.82) is 0 Å². The second-order valence-electron chi connectivity index (χ2n) is 5.78. The van der Waals surface area contributed by atoms with Crippen LogP contribution in [0.2, 0.25) is 25.7 Å². The molecule has 0 saturated heterocycles. The first-order valence-electron chi connectivity index (χ1n) is 6.24. The van der Waals surface area contributed by atoms with Crippen LogP contribution in [0.5, 0.6) is 0 Å². The van der Waals surface area contributed by atoms with Gasteiger partial charge in [0, 0.05) is 14.7 Å². The van der Waals surface area contributed by atoms with E-state index in [1.165, 1.54) is 6.04 Å². The maximum Gasteiger partial charge on any atom is 0.124 e. The average Bonchev–Trinajstić information content (AvgIpc) is 2.68. The number of hydrogen-bond acceptors (Lipinski definition) is 3. The Morgan fingerprint density at radius 1 is 1.33 bits per heavy atom. The Hall–Kier alpha value is -1.33. The highest BCUT2D eigenvalue weighted by atomic mass is 28.3. The van der Waals surface area contributed by atoms with Crippen molar-refractivity contribution in [3.63, 3.8) is 0 Å². The zero-order chi connectivity index (χ0) is 13.2. The first-order chi connectivity index (χ1) is 8.47. The summed E-state index contributed by atoms with van der Waals surface area (Å²) in [6.45, 7) is 8.42. The molecule has 98 valence electrons. The van der Waals surface area contributed by atoms with Gasteiger partial charge in [-0.15, -0.1) is 0 Å². The van der Waals surface area contributed by atoms with E-state index in [-0.39, 0.29) is 0 Å². The maximum atomic E-state index is 5.87. The van der Waals surface area contributed by atoms with Crippen molar-refractivity contribution < 1.29 is 4.74 Å². The Morgan fingerprint density at radius 2 is 2.11 bits per heavy atom. The minimum absolute atomic E-state index is 0.546. The van der Waals surface area contributed by atoms with Gasteiger partial charge in [-0.3, -0.25) is 0 Å². The minimum atomic E-state index is -1.01. The molecule has 2 aromatic rings. The minimum Gasteiger partial charge on any atom is -0.397 e. The van der Waals surface area contributed by atoms with E-state index in [4.69, 9.17) is 10.5 Å². The monoisotopic (exact) mass is 263 g/mol. The van der Waals surface area contributed by atoms with Gasteiger partial charge < -0.3 is 15.0 Å². The van der Waals surface area contributed by atoms with Crippen LogP contribution in [0.1, 0.15) is 0 Å². The van der Waals surface area contributed by atoms with Gasteiger partial charge >= 0.3 is 0 Å². The summed E-state index contributed by atoms with van der Waals surface area (Å²) >= 11 is 0. The summed E-state index contributed by atoms with van der Waals surface area (Å²) in [6, 6.07) is 7.01. The molecule has 0 bridgehead atoms. The van der Waals surface area contributed by atoms with Crippen molar-refractivity contribution in [2.24, 2.45) is 0 Å². The van der Waals surface area contributed by atoms with Crippen LogP contribution in [0.3, 0.4) is 0 Å². The molecule has 0 saturated carbocycles. The van der Waals surface area contributed by atoms with Crippen LogP contribution in [-0.4, -0.2) is 24.2 Å². The second-order valence-corrected chi connectivity index (χ2v) is 11.4. The van der Waals surface area contributed by atoms with Gasteiger partial charge in [0.2, 0.25) is 0 Å². The molecule has 1 heterocycles. The first-order valence-corrected chi connectivity index (χ1v) is 9.95. The van der Waals surface area contributed by atoms with Crippen molar-refractivity contribution in [2.45, 2.75) is 32.4 Å². The van der Waals surface area contributed by atoms with Crippen LogP contribution >= 0.6 is 0 Å². The highest BCUT2D eigenvalue weighted by Crippen LogP contribution is 2.19. The Balaban J connectivity index is 1.98. The zero-order valence-corrected chi connectivity index (χ0v) is 12.3. The molecule has 0 amide bonds. The first kappa shape index (κ1) is 13.1. The van der Waals surface area contributed by atoms with Crippen molar-refractivity contribution >= 4 is 24.8 Å². The molecular formula is C13H21N3OSi. The smallest absolute Gasteiger partial charge is 0.124 e. The fourth-order valence-corrected chi connectivity index (χ4v) is 2.51. The topological polar surface area (TPSA) is 53.1 Å². The van der Waals surface area contributed by atoms with Gasteiger partial charge in [-0.2, -0.15) is 0 Å². The standard InChI is InChI=1S/C13H21N3OSi/c1-18(2,3)8-7-17-10-16-9-15-13-11(14)5-4-6-12(13)16/h4-6,9H,7-8,10,14H2,1-3H3. The largest absolute Gasteiger partial charge is 0.397 e. The van der Waals surface area contributed by atoms with Crippen LogP contribution in [0.25, 0.3) is 11.0 Å². The molecule has 0 aliphatic rings. The molecule has 1 aromatic carbocycles. The van der Waals surface area contributed by atoms with E-state index >= 15 is 0 Å². The van der Waals surface area contributed by atoms with Gasteiger partial charge in [0.05, 0.1) is 17.5 Å². The van der Waals surface area contributed by atoms with Crippen molar-refractivity contribution in [2.75, 3.05) is 12.3 Å². The lowest BCUT2D eigenvalue weighted by Crippen LogP contribution is -2.21. The SMILES string of the molecule is C[Si](C)(C)CCOCn1cnc2c(N)cccc21. The molecule has 0 aliphatic carbocycles. The van der Waals surface area contributed by atoms with E-state index in [2.05, 4.69) is 24.6 Å². The Kier molecular flexibility index (Phi) is 3.73. The molecule has 5 heteroatoms. The van der Waals surface area contributed by atoms with Gasteiger partial charge in [0.1, 0.15) is 12.2 Å². The number of ether oxygens (including phenoxy) is 1. The van der Waals surface area contributed by atoms with Gasteiger partial charge in [-0.25, -0.2) is 4.98 Å². The van der Waals surface area contributed by atoms with E-state index < -0.39 is 8.07 Å². The number of fused-ring (bicyclic) bond motifs is 1. The number of rotatable bonds is 5. The fraction of sp³-hybridized carbons (Fsp3) is 0.462. The number of para-hydroxylation sites is 1. The number of nitrogens with zero attached hydrogens (tertiary/aromatic N) is 2. The van der Waals surface area contributed by atoms with Crippen molar-refractivity contribution in [3.8, 4) is 0 Å². The predicted octanol–water partition coefficient (Wildman–Crippen LogP) is 2.93. The molecule has 0 fully saturated rings. The summed E-state index contributed by atoms with van der Waals surface area (Å²) in [5.41, 5.74) is 8.47. The Morgan fingerprint density at radius 3 is 2.83 bits per heavy atom. The molecule has 2 rings (SSSR count). The molecule has 0 unspecified atom stereocenters. The van der Waals surface area contributed by atoms with E-state index in [0.717, 1.165) is 17.6 Å². The van der Waals surface area contributed by atoms with E-state index in [0.29, 0.717) is 12.4 Å². The Bertz CT molecular complexity index is 531. The Labute approximate surface area is 109 Å². The van der Waals surface area contributed by atoms with Gasteiger partial charge in [0.25, 0.3) is 0 Å². The molecule has 4 nitrogen and oxygen atoms in total. The third kappa shape index (κ3) is 3.11. The molecular weight excluding hydrogens is 242 g/mol. The zero-order valence-electron chi connectivity index (χ0n) is 11.3. The summed E-state index contributed by atoms with van der Waals surface area (Å²) in [5.74, 6) is 0. The predicted molar refractivity (Wildman–Crippen MR) is 78.3 cm³/mol. The van der Waals surface area contributed by atoms with Crippen LogP contribution in [0, 0.1) is 0 Å². The van der Waals surface area contributed by atoms with Crippen molar-refractivity contribution in [3.05, 3.63) is 24.5 Å². The van der Waals surface area contributed by atoms with Crippen LogP contribution in [0.15, 0.2) is 24.5 Å². The van der Waals surface area contributed by atoms with Gasteiger partial charge in [0.15, 0.2) is 0 Å². The lowest BCUT2D eigenvalue weighted by molar-refractivity contribution is 0.0898. The number of anilines is 1. The molecule has 1 aromatic heterocycles. The molecule has 0 atom stereocenters. The lowest BCUT2D eigenvalue weighted by Gasteiger charge is -2.15. The van der Waals surface area contributed by atoms with Crippen LogP contribution in [0.4, 0.5) is 5.69 Å².